The number of allylic oxidation sites excluding steroid dienone is 1. The second-order valence-corrected chi connectivity index (χ2v) is 9.63. The SMILES string of the molecule is C=CCCCOc1ccc(-c2ccc(C(=O)Oc3ccc(C4CCC(C)CC4)c(F)c3F)cc2)c(F)c1. The maximum absolute atomic E-state index is 14.8. The van der Waals surface area contributed by atoms with Crippen molar-refractivity contribution in [3.05, 3.63) is 95.8 Å². The van der Waals surface area contributed by atoms with E-state index in [-0.39, 0.29) is 11.5 Å². The Bertz CT molecular complexity index is 1250. The average Bonchev–Trinajstić information content (AvgIpc) is 2.90. The van der Waals surface area contributed by atoms with Gasteiger partial charge in [-0.3, -0.25) is 0 Å². The topological polar surface area (TPSA) is 35.5 Å². The van der Waals surface area contributed by atoms with E-state index in [4.69, 9.17) is 9.47 Å². The number of ether oxygens (including phenoxy) is 2. The molecule has 0 heterocycles. The Labute approximate surface area is 215 Å². The lowest BCUT2D eigenvalue weighted by Gasteiger charge is -2.27. The molecule has 0 aromatic heterocycles. The maximum atomic E-state index is 14.8. The Kier molecular flexibility index (Phi) is 8.70. The fourth-order valence-electron chi connectivity index (χ4n) is 4.69. The van der Waals surface area contributed by atoms with Crippen LogP contribution in [0.4, 0.5) is 13.2 Å². The zero-order valence-electron chi connectivity index (χ0n) is 20.9. The molecule has 0 N–H and O–H groups in total. The van der Waals surface area contributed by atoms with Crippen LogP contribution in [0.15, 0.2) is 67.3 Å². The number of benzene rings is 3. The Balaban J connectivity index is 1.42. The molecule has 0 bridgehead atoms. The van der Waals surface area contributed by atoms with E-state index >= 15 is 0 Å². The molecule has 4 rings (SSSR count). The molecule has 3 aromatic carbocycles. The van der Waals surface area contributed by atoms with E-state index in [9.17, 15) is 18.0 Å². The second kappa shape index (κ2) is 12.1. The average molecular weight is 509 g/mol. The molecular weight excluding hydrogens is 477 g/mol. The van der Waals surface area contributed by atoms with Crippen LogP contribution in [0.25, 0.3) is 11.1 Å². The second-order valence-electron chi connectivity index (χ2n) is 9.63. The molecule has 1 fully saturated rings. The summed E-state index contributed by atoms with van der Waals surface area (Å²) in [4.78, 5) is 12.6. The largest absolute Gasteiger partial charge is 0.493 e. The van der Waals surface area contributed by atoms with Gasteiger partial charge in [0, 0.05) is 11.6 Å². The molecule has 6 heteroatoms. The first-order chi connectivity index (χ1) is 17.9. The number of hydrogen-bond donors (Lipinski definition) is 0. The summed E-state index contributed by atoms with van der Waals surface area (Å²) >= 11 is 0. The van der Waals surface area contributed by atoms with Gasteiger partial charge in [0.25, 0.3) is 0 Å². The minimum absolute atomic E-state index is 0.0266. The zero-order chi connectivity index (χ0) is 26.4. The maximum Gasteiger partial charge on any atom is 0.343 e. The first-order valence-corrected chi connectivity index (χ1v) is 12.7. The Morgan fingerprint density at radius 3 is 2.38 bits per heavy atom. The summed E-state index contributed by atoms with van der Waals surface area (Å²) < 4.78 is 54.9. The Morgan fingerprint density at radius 1 is 0.973 bits per heavy atom. The van der Waals surface area contributed by atoms with Crippen molar-refractivity contribution in [3.8, 4) is 22.6 Å². The number of hydrogen-bond acceptors (Lipinski definition) is 3. The fourth-order valence-corrected chi connectivity index (χ4v) is 4.69. The van der Waals surface area contributed by atoms with Crippen LogP contribution in [0.3, 0.4) is 0 Å². The van der Waals surface area contributed by atoms with Crippen LogP contribution in [0.1, 0.15) is 67.3 Å². The molecule has 3 aromatic rings. The van der Waals surface area contributed by atoms with Gasteiger partial charge in [-0.15, -0.1) is 6.58 Å². The predicted octanol–water partition coefficient (Wildman–Crippen LogP) is 8.63. The smallest absolute Gasteiger partial charge is 0.343 e. The third-order valence-electron chi connectivity index (χ3n) is 6.93. The molecular formula is C31H31F3O3. The van der Waals surface area contributed by atoms with Crippen LogP contribution >= 0.6 is 0 Å². The summed E-state index contributed by atoms with van der Waals surface area (Å²) in [5, 5.41) is 0. The van der Waals surface area contributed by atoms with E-state index < -0.39 is 29.2 Å². The monoisotopic (exact) mass is 508 g/mol. The first kappa shape index (κ1) is 26.5. The molecule has 0 spiro atoms. The van der Waals surface area contributed by atoms with Gasteiger partial charge in [0.1, 0.15) is 11.6 Å². The molecule has 0 radical (unpaired) electrons. The summed E-state index contributed by atoms with van der Waals surface area (Å²) in [7, 11) is 0. The normalized spacial score (nSPS) is 17.3. The summed E-state index contributed by atoms with van der Waals surface area (Å²) in [6.07, 6.45) is 7.01. The highest BCUT2D eigenvalue weighted by atomic mass is 19.2. The van der Waals surface area contributed by atoms with Gasteiger partial charge in [0.05, 0.1) is 12.2 Å². The van der Waals surface area contributed by atoms with Gasteiger partial charge in [-0.1, -0.05) is 44.0 Å². The predicted molar refractivity (Wildman–Crippen MR) is 138 cm³/mol. The van der Waals surface area contributed by atoms with Gasteiger partial charge < -0.3 is 9.47 Å². The van der Waals surface area contributed by atoms with Gasteiger partial charge in [0.2, 0.25) is 5.82 Å². The highest BCUT2D eigenvalue weighted by Gasteiger charge is 2.26. The van der Waals surface area contributed by atoms with Crippen molar-refractivity contribution >= 4 is 5.97 Å². The standard InChI is InChI=1S/C31H31F3O3/c1-3-4-5-18-36-24-14-15-25(27(32)19-24)21-10-12-23(13-11-21)31(35)37-28-17-16-26(29(33)30(28)34)22-8-6-20(2)7-9-22/h3,10-17,19-20,22H,1,4-9,18H2,2H3. The van der Waals surface area contributed by atoms with Crippen LogP contribution < -0.4 is 9.47 Å². The summed E-state index contributed by atoms with van der Waals surface area (Å²) in [6.45, 7) is 6.29. The van der Waals surface area contributed by atoms with Crippen molar-refractivity contribution < 1.29 is 27.4 Å². The van der Waals surface area contributed by atoms with Gasteiger partial charge >= 0.3 is 5.97 Å². The van der Waals surface area contributed by atoms with E-state index in [2.05, 4.69) is 13.5 Å². The van der Waals surface area contributed by atoms with Crippen LogP contribution in [-0.4, -0.2) is 12.6 Å². The van der Waals surface area contributed by atoms with E-state index in [1.54, 1.807) is 30.3 Å². The van der Waals surface area contributed by atoms with Crippen molar-refractivity contribution in [3.63, 3.8) is 0 Å². The molecule has 0 saturated heterocycles. The van der Waals surface area contributed by atoms with Gasteiger partial charge in [-0.25, -0.2) is 13.6 Å². The van der Waals surface area contributed by atoms with Crippen LogP contribution in [0.5, 0.6) is 11.5 Å². The molecule has 1 aliphatic carbocycles. The lowest BCUT2D eigenvalue weighted by Crippen LogP contribution is -2.14. The van der Waals surface area contributed by atoms with E-state index in [0.29, 0.717) is 35.0 Å². The third kappa shape index (κ3) is 6.43. The number of rotatable bonds is 9. The zero-order valence-corrected chi connectivity index (χ0v) is 20.9. The number of esters is 1. The van der Waals surface area contributed by atoms with E-state index in [0.717, 1.165) is 38.5 Å². The number of halogens is 3. The van der Waals surface area contributed by atoms with E-state index in [1.807, 2.05) is 0 Å². The lowest BCUT2D eigenvalue weighted by molar-refractivity contribution is 0.0726. The van der Waals surface area contributed by atoms with Gasteiger partial charge in [-0.2, -0.15) is 4.39 Å². The molecule has 1 saturated carbocycles. The molecule has 0 amide bonds. The van der Waals surface area contributed by atoms with Gasteiger partial charge in [-0.05, 0) is 79.0 Å². The highest BCUT2D eigenvalue weighted by molar-refractivity contribution is 5.91. The van der Waals surface area contributed by atoms with Crippen molar-refractivity contribution in [2.45, 2.75) is 51.4 Å². The van der Waals surface area contributed by atoms with Crippen molar-refractivity contribution in [2.75, 3.05) is 6.61 Å². The molecule has 0 aliphatic heterocycles. The Morgan fingerprint density at radius 2 is 1.70 bits per heavy atom. The van der Waals surface area contributed by atoms with Crippen LogP contribution in [0.2, 0.25) is 0 Å². The van der Waals surface area contributed by atoms with E-state index in [1.165, 1.54) is 30.3 Å². The van der Waals surface area contributed by atoms with Crippen LogP contribution in [-0.2, 0) is 0 Å². The van der Waals surface area contributed by atoms with Crippen molar-refractivity contribution in [1.29, 1.82) is 0 Å². The first-order valence-electron chi connectivity index (χ1n) is 12.7. The van der Waals surface area contributed by atoms with Gasteiger partial charge in [0.15, 0.2) is 11.6 Å². The molecule has 194 valence electrons. The molecule has 0 atom stereocenters. The molecule has 0 unspecified atom stereocenters. The molecule has 3 nitrogen and oxygen atoms in total. The van der Waals surface area contributed by atoms with Crippen molar-refractivity contribution in [1.82, 2.24) is 0 Å². The lowest BCUT2D eigenvalue weighted by atomic mass is 9.79. The number of unbranched alkanes of at least 4 members (excludes halogenated alkanes) is 1. The third-order valence-corrected chi connectivity index (χ3v) is 6.93. The molecule has 1 aliphatic rings. The summed E-state index contributed by atoms with van der Waals surface area (Å²) in [5.41, 5.74) is 1.37. The number of carbonyl (C=O) groups excluding carboxylic acids is 1. The summed E-state index contributed by atoms with van der Waals surface area (Å²) in [5.74, 6) is -2.84. The minimum Gasteiger partial charge on any atom is -0.493 e. The Hall–Kier alpha value is -3.54. The quantitative estimate of drug-likeness (QED) is 0.126. The van der Waals surface area contributed by atoms with Crippen LogP contribution in [0, 0.1) is 23.4 Å². The number of carbonyl (C=O) groups is 1. The molecule has 37 heavy (non-hydrogen) atoms. The summed E-state index contributed by atoms with van der Waals surface area (Å²) in [6, 6.07) is 13.5. The fraction of sp³-hybridized carbons (Fsp3) is 0.323. The van der Waals surface area contributed by atoms with Crippen molar-refractivity contribution in [2.24, 2.45) is 5.92 Å². The minimum atomic E-state index is -1.16. The highest BCUT2D eigenvalue weighted by Crippen LogP contribution is 2.38.